The first-order valence-corrected chi connectivity index (χ1v) is 13.4. The molecule has 0 radical (unpaired) electrons. The highest BCUT2D eigenvalue weighted by Gasteiger charge is 2.68. The zero-order chi connectivity index (χ0) is 29.8. The molecule has 0 spiro atoms. The van der Waals surface area contributed by atoms with E-state index in [2.05, 4.69) is 15.3 Å². The number of fused-ring (bicyclic) bond motifs is 2. The summed E-state index contributed by atoms with van der Waals surface area (Å²) in [6.45, 7) is 1.35. The summed E-state index contributed by atoms with van der Waals surface area (Å²) >= 11 is 0. The summed E-state index contributed by atoms with van der Waals surface area (Å²) in [6, 6.07) is 13.6. The number of H-pyrrole nitrogens is 1. The number of nitrogens with zero attached hydrogens (tertiary/aromatic N) is 4. The number of aromatic nitrogens is 3. The molecule has 2 fully saturated rings. The number of nitrogens with one attached hydrogen (secondary N) is 2. The van der Waals surface area contributed by atoms with Crippen molar-refractivity contribution in [1.82, 2.24) is 24.8 Å². The summed E-state index contributed by atoms with van der Waals surface area (Å²) in [4.78, 5) is 60.5. The number of likely N-dealkylation sites (tertiary alicyclic amines) is 1. The molecule has 13 nitrogen and oxygen atoms in total. The third kappa shape index (κ3) is 4.04. The van der Waals surface area contributed by atoms with Gasteiger partial charge in [-0.25, -0.2) is 9.55 Å². The second kappa shape index (κ2) is 10.1. The Morgan fingerprint density at radius 1 is 1.14 bits per heavy atom. The average molecular weight is 573 g/mol. The molecule has 2 aliphatic rings. The zero-order valence-electron chi connectivity index (χ0n) is 22.8. The maximum absolute atomic E-state index is 14.1. The zero-order valence-corrected chi connectivity index (χ0v) is 22.8. The number of hydrogen-bond acceptors (Lipinski definition) is 8. The highest BCUT2D eigenvalue weighted by atomic mass is 16.6. The molecule has 42 heavy (non-hydrogen) atoms. The van der Waals surface area contributed by atoms with E-state index in [-0.39, 0.29) is 25.3 Å². The monoisotopic (exact) mass is 572 g/mol. The number of ether oxygens (including phenoxy) is 1. The van der Waals surface area contributed by atoms with Crippen molar-refractivity contribution in [2.75, 3.05) is 13.7 Å². The van der Waals surface area contributed by atoms with Crippen LogP contribution in [0, 0.1) is 28.9 Å². The number of para-hydroxylation sites is 2. The molecule has 0 aliphatic carbocycles. The molecule has 2 aromatic heterocycles. The molecule has 6 rings (SSSR count). The predicted molar refractivity (Wildman–Crippen MR) is 149 cm³/mol. The van der Waals surface area contributed by atoms with Crippen LogP contribution in [-0.2, 0) is 27.3 Å². The van der Waals surface area contributed by atoms with Crippen LogP contribution in [0.3, 0.4) is 0 Å². The molecule has 2 aliphatic heterocycles. The van der Waals surface area contributed by atoms with Crippen LogP contribution < -0.4 is 10.1 Å². The third-order valence-electron chi connectivity index (χ3n) is 8.51. The van der Waals surface area contributed by atoms with E-state index in [4.69, 9.17) is 4.74 Å². The topological polar surface area (TPSA) is 173 Å². The van der Waals surface area contributed by atoms with E-state index in [0.29, 0.717) is 22.7 Å². The van der Waals surface area contributed by atoms with Crippen molar-refractivity contribution in [3.05, 3.63) is 88.0 Å². The largest absolute Gasteiger partial charge is 0.496 e. The smallest absolute Gasteiger partial charge is 0.342 e. The number of aromatic amines is 1. The molecular formula is C29H28N6O7. The molecule has 2 saturated heterocycles. The SMILES string of the molecule is COc1ccccc1C1NC(Cc2c[nH]c3ccccc23)(C(=O)O)C2C(=O)N(CCn3c([N+](=O)[O-])cnc3C)C(=O)C12. The number of nitro groups is 1. The Bertz CT molecular complexity index is 1740. The number of carbonyl (C=O) groups excluding carboxylic acids is 2. The van der Waals surface area contributed by atoms with E-state index in [1.54, 1.807) is 37.4 Å². The van der Waals surface area contributed by atoms with E-state index in [1.807, 2.05) is 24.3 Å². The lowest BCUT2D eigenvalue weighted by molar-refractivity contribution is -0.392. The number of imide groups is 1. The van der Waals surface area contributed by atoms with Gasteiger partial charge in [0.1, 0.15) is 24.0 Å². The van der Waals surface area contributed by atoms with Crippen LogP contribution in [0.5, 0.6) is 5.75 Å². The molecule has 4 aromatic rings. The van der Waals surface area contributed by atoms with Crippen molar-refractivity contribution in [3.8, 4) is 5.75 Å². The minimum Gasteiger partial charge on any atom is -0.496 e. The Morgan fingerprint density at radius 2 is 1.88 bits per heavy atom. The number of rotatable bonds is 9. The molecule has 2 aromatic carbocycles. The Kier molecular flexibility index (Phi) is 6.53. The van der Waals surface area contributed by atoms with Gasteiger partial charge in [0.15, 0.2) is 5.82 Å². The van der Waals surface area contributed by atoms with Gasteiger partial charge in [0, 0.05) is 42.0 Å². The third-order valence-corrected chi connectivity index (χ3v) is 8.51. The molecule has 0 saturated carbocycles. The number of imidazole rings is 1. The molecular weight excluding hydrogens is 544 g/mol. The van der Waals surface area contributed by atoms with Crippen molar-refractivity contribution in [2.45, 2.75) is 31.5 Å². The van der Waals surface area contributed by atoms with E-state index in [9.17, 15) is 29.6 Å². The second-order valence-corrected chi connectivity index (χ2v) is 10.6. The van der Waals surface area contributed by atoms with Crippen LogP contribution in [0.1, 0.15) is 23.0 Å². The average Bonchev–Trinajstić information content (AvgIpc) is 3.71. The van der Waals surface area contributed by atoms with Crippen LogP contribution in [0.2, 0.25) is 0 Å². The lowest BCUT2D eigenvalue weighted by atomic mass is 9.76. The number of benzene rings is 2. The van der Waals surface area contributed by atoms with Crippen LogP contribution in [0.15, 0.2) is 60.9 Å². The highest BCUT2D eigenvalue weighted by molar-refractivity contribution is 6.09. The van der Waals surface area contributed by atoms with Gasteiger partial charge in [-0.1, -0.05) is 36.4 Å². The predicted octanol–water partition coefficient (Wildman–Crippen LogP) is 2.60. The minimum atomic E-state index is -1.83. The number of hydrogen-bond donors (Lipinski definition) is 3. The van der Waals surface area contributed by atoms with Gasteiger partial charge in [0.2, 0.25) is 11.8 Å². The summed E-state index contributed by atoms with van der Waals surface area (Å²) < 4.78 is 6.88. The van der Waals surface area contributed by atoms with Crippen LogP contribution in [-0.4, -0.2) is 66.4 Å². The van der Waals surface area contributed by atoms with Gasteiger partial charge in [0.05, 0.1) is 25.5 Å². The fraction of sp³-hybridized carbons (Fsp3) is 0.310. The van der Waals surface area contributed by atoms with Gasteiger partial charge >= 0.3 is 11.8 Å². The standard InChI is InChI=1S/C29H28N6O7/c1-16-30-15-22(35(40)41)33(16)11-12-34-26(36)23-24(27(34)37)29(28(38)39,13-17-14-31-20-9-5-3-7-18(17)20)32-25(23)19-8-4-6-10-21(19)42-2/h3-10,14-15,23-25,31-32H,11-13H2,1-2H3,(H,38,39). The molecule has 216 valence electrons. The van der Waals surface area contributed by atoms with Crippen molar-refractivity contribution in [2.24, 2.45) is 11.8 Å². The summed E-state index contributed by atoms with van der Waals surface area (Å²) in [6.07, 6.45) is 2.77. The fourth-order valence-electron chi connectivity index (χ4n) is 6.56. The number of carboxylic acid groups (broad SMARTS) is 1. The summed E-state index contributed by atoms with van der Waals surface area (Å²) in [5.74, 6) is -4.20. The number of methoxy groups -OCH3 is 1. The van der Waals surface area contributed by atoms with Crippen LogP contribution in [0.4, 0.5) is 5.82 Å². The summed E-state index contributed by atoms with van der Waals surface area (Å²) in [5.41, 5.74) is 0.223. The molecule has 4 atom stereocenters. The first-order chi connectivity index (χ1) is 20.2. The van der Waals surface area contributed by atoms with Gasteiger partial charge in [0.25, 0.3) is 0 Å². The lowest BCUT2D eigenvalue weighted by Crippen LogP contribution is -2.57. The Labute approximate surface area is 239 Å². The van der Waals surface area contributed by atoms with Crippen molar-refractivity contribution < 1.29 is 29.2 Å². The van der Waals surface area contributed by atoms with Crippen molar-refractivity contribution >= 4 is 34.5 Å². The van der Waals surface area contributed by atoms with E-state index < -0.39 is 46.1 Å². The molecule has 2 amide bonds. The number of aliphatic carboxylic acids is 1. The maximum atomic E-state index is 14.1. The molecule has 3 N–H and O–H groups in total. The van der Waals surface area contributed by atoms with Gasteiger partial charge in [-0.3, -0.25) is 24.6 Å². The van der Waals surface area contributed by atoms with Gasteiger partial charge in [-0.05, 0) is 22.6 Å². The fourth-order valence-corrected chi connectivity index (χ4v) is 6.56. The minimum absolute atomic E-state index is 0.0612. The molecule has 4 heterocycles. The summed E-state index contributed by atoms with van der Waals surface area (Å²) in [5, 5.41) is 26.3. The molecule has 4 unspecified atom stereocenters. The summed E-state index contributed by atoms with van der Waals surface area (Å²) in [7, 11) is 1.48. The lowest BCUT2D eigenvalue weighted by Gasteiger charge is -2.31. The van der Waals surface area contributed by atoms with Crippen LogP contribution in [0.25, 0.3) is 10.9 Å². The van der Waals surface area contributed by atoms with Crippen LogP contribution >= 0.6 is 0 Å². The Morgan fingerprint density at radius 3 is 2.62 bits per heavy atom. The first kappa shape index (κ1) is 27.1. The second-order valence-electron chi connectivity index (χ2n) is 10.6. The van der Waals surface area contributed by atoms with E-state index in [0.717, 1.165) is 22.0 Å². The molecule has 13 heteroatoms. The molecule has 0 bridgehead atoms. The highest BCUT2D eigenvalue weighted by Crippen LogP contribution is 2.51. The Balaban J connectivity index is 1.43. The Hall–Kier alpha value is -5.04. The van der Waals surface area contributed by atoms with Gasteiger partial charge in [-0.15, -0.1) is 0 Å². The van der Waals surface area contributed by atoms with Gasteiger partial charge < -0.3 is 24.9 Å². The maximum Gasteiger partial charge on any atom is 0.342 e. The quantitative estimate of drug-likeness (QED) is 0.155. The normalized spacial score (nSPS) is 23.5. The van der Waals surface area contributed by atoms with Gasteiger partial charge in [-0.2, -0.15) is 0 Å². The number of carbonyl (C=O) groups is 3. The van der Waals surface area contributed by atoms with E-state index in [1.165, 1.54) is 11.7 Å². The van der Waals surface area contributed by atoms with Crippen molar-refractivity contribution in [1.29, 1.82) is 0 Å². The first-order valence-electron chi connectivity index (χ1n) is 13.4. The number of amides is 2. The van der Waals surface area contributed by atoms with E-state index >= 15 is 0 Å². The van der Waals surface area contributed by atoms with Crippen molar-refractivity contribution in [3.63, 3.8) is 0 Å². The number of aryl methyl sites for hydroxylation is 1. The number of carboxylic acids is 1.